The van der Waals surface area contributed by atoms with Crippen LogP contribution >= 0.6 is 0 Å². The number of nitrogens with one attached hydrogen (secondary N) is 2. The van der Waals surface area contributed by atoms with Gasteiger partial charge in [0.2, 0.25) is 0 Å². The molecule has 0 radical (unpaired) electrons. The molecule has 14 heavy (non-hydrogen) atoms. The molecule has 76 valence electrons. The minimum atomic E-state index is -0.598. The van der Waals surface area contributed by atoms with E-state index in [0.29, 0.717) is 5.56 Å². The molecule has 4 N–H and O–H groups in total. The molecule has 0 spiro atoms. The lowest BCUT2D eigenvalue weighted by Crippen LogP contribution is -2.30. The average molecular weight is 199 g/mol. The number of nitrogens with two attached hydrogens (primary N) is 1. The van der Waals surface area contributed by atoms with Gasteiger partial charge in [-0.3, -0.25) is 5.41 Å². The highest BCUT2D eigenvalue weighted by molar-refractivity contribution is 5.74. The van der Waals surface area contributed by atoms with E-state index in [9.17, 15) is 8.78 Å². The van der Waals surface area contributed by atoms with Crippen LogP contribution in [-0.4, -0.2) is 5.96 Å². The third kappa shape index (κ3) is 2.18. The van der Waals surface area contributed by atoms with Gasteiger partial charge in [-0.2, -0.15) is 0 Å². The standard InChI is InChI=1S/C9H11F2N3/c1-5-7(10)3-2-6(8(5)11)4-14-9(12)13/h2-3H,4H2,1H3,(H4,12,13,14). The van der Waals surface area contributed by atoms with Gasteiger partial charge in [0.25, 0.3) is 0 Å². The van der Waals surface area contributed by atoms with Crippen LogP contribution < -0.4 is 11.1 Å². The average Bonchev–Trinajstić information content (AvgIpc) is 2.13. The van der Waals surface area contributed by atoms with Crippen LogP contribution in [0, 0.1) is 24.0 Å². The molecular weight excluding hydrogens is 188 g/mol. The predicted molar refractivity (Wildman–Crippen MR) is 49.8 cm³/mol. The van der Waals surface area contributed by atoms with Crippen molar-refractivity contribution in [3.8, 4) is 0 Å². The molecule has 0 bridgehead atoms. The monoisotopic (exact) mass is 199 g/mol. The Balaban J connectivity index is 2.88. The van der Waals surface area contributed by atoms with Crippen molar-refractivity contribution in [1.29, 1.82) is 5.41 Å². The molecule has 0 heterocycles. The number of benzene rings is 1. The molecule has 0 aliphatic heterocycles. The first kappa shape index (κ1) is 10.4. The molecule has 0 aliphatic carbocycles. The van der Waals surface area contributed by atoms with E-state index >= 15 is 0 Å². The molecule has 3 nitrogen and oxygen atoms in total. The van der Waals surface area contributed by atoms with E-state index in [-0.39, 0.29) is 18.1 Å². The van der Waals surface area contributed by atoms with Crippen molar-refractivity contribution < 1.29 is 8.78 Å². The molecule has 5 heteroatoms. The van der Waals surface area contributed by atoms with Crippen LogP contribution in [0.4, 0.5) is 8.78 Å². The smallest absolute Gasteiger partial charge is 0.185 e. The lowest BCUT2D eigenvalue weighted by molar-refractivity contribution is 0.555. The SMILES string of the molecule is Cc1c(F)ccc(CNC(=N)N)c1F. The fourth-order valence-electron chi connectivity index (χ4n) is 1.04. The molecule has 1 aromatic rings. The van der Waals surface area contributed by atoms with E-state index in [1.165, 1.54) is 19.1 Å². The summed E-state index contributed by atoms with van der Waals surface area (Å²) in [6, 6.07) is 2.52. The second-order valence-electron chi connectivity index (χ2n) is 2.91. The Bertz CT molecular complexity index is 363. The third-order valence-corrected chi connectivity index (χ3v) is 1.87. The van der Waals surface area contributed by atoms with Crippen molar-refractivity contribution in [2.75, 3.05) is 0 Å². The molecule has 0 atom stereocenters. The van der Waals surface area contributed by atoms with Crippen LogP contribution in [0.15, 0.2) is 12.1 Å². The van der Waals surface area contributed by atoms with Crippen molar-refractivity contribution in [3.05, 3.63) is 34.9 Å². The van der Waals surface area contributed by atoms with Gasteiger partial charge in [0.05, 0.1) is 0 Å². The van der Waals surface area contributed by atoms with Crippen molar-refractivity contribution in [2.24, 2.45) is 5.73 Å². The lowest BCUT2D eigenvalue weighted by Gasteiger charge is -2.07. The Morgan fingerprint density at radius 2 is 2.14 bits per heavy atom. The fraction of sp³-hybridized carbons (Fsp3) is 0.222. The summed E-state index contributed by atoms with van der Waals surface area (Å²) >= 11 is 0. The fourth-order valence-corrected chi connectivity index (χ4v) is 1.04. The molecule has 1 aromatic carbocycles. The first-order valence-electron chi connectivity index (χ1n) is 4.03. The van der Waals surface area contributed by atoms with Gasteiger partial charge in [-0.1, -0.05) is 6.07 Å². The van der Waals surface area contributed by atoms with E-state index in [2.05, 4.69) is 5.32 Å². The van der Waals surface area contributed by atoms with Gasteiger partial charge in [0.15, 0.2) is 5.96 Å². The van der Waals surface area contributed by atoms with Gasteiger partial charge < -0.3 is 11.1 Å². The minimum absolute atomic E-state index is 0.0205. The summed E-state index contributed by atoms with van der Waals surface area (Å²) in [5, 5.41) is 9.33. The zero-order valence-electron chi connectivity index (χ0n) is 7.70. The summed E-state index contributed by atoms with van der Waals surface area (Å²) in [4.78, 5) is 0. The predicted octanol–water partition coefficient (Wildman–Crippen LogP) is 1.26. The summed E-state index contributed by atoms with van der Waals surface area (Å²) < 4.78 is 26.2. The third-order valence-electron chi connectivity index (χ3n) is 1.87. The molecular formula is C9H11F2N3. The van der Waals surface area contributed by atoms with Crippen molar-refractivity contribution in [3.63, 3.8) is 0 Å². The second kappa shape index (κ2) is 4.04. The molecule has 0 aromatic heterocycles. The maximum atomic E-state index is 13.3. The van der Waals surface area contributed by atoms with E-state index < -0.39 is 11.6 Å². The largest absolute Gasteiger partial charge is 0.370 e. The molecule has 0 unspecified atom stereocenters. The van der Waals surface area contributed by atoms with Gasteiger partial charge in [-0.25, -0.2) is 8.78 Å². The van der Waals surface area contributed by atoms with E-state index in [4.69, 9.17) is 11.1 Å². The summed E-state index contributed by atoms with van der Waals surface area (Å²) in [7, 11) is 0. The number of rotatable bonds is 2. The Labute approximate surface area is 80.4 Å². The van der Waals surface area contributed by atoms with Gasteiger partial charge in [-0.15, -0.1) is 0 Å². The van der Waals surface area contributed by atoms with Gasteiger partial charge in [-0.05, 0) is 13.0 Å². The molecule has 0 saturated carbocycles. The van der Waals surface area contributed by atoms with Crippen LogP contribution in [0.3, 0.4) is 0 Å². The van der Waals surface area contributed by atoms with Crippen LogP contribution in [0.2, 0.25) is 0 Å². The van der Waals surface area contributed by atoms with Gasteiger partial charge in [0.1, 0.15) is 11.6 Å². The van der Waals surface area contributed by atoms with Crippen LogP contribution in [0.25, 0.3) is 0 Å². The lowest BCUT2D eigenvalue weighted by atomic mass is 10.1. The summed E-state index contributed by atoms with van der Waals surface area (Å²) in [6.07, 6.45) is 0. The van der Waals surface area contributed by atoms with Crippen molar-refractivity contribution in [2.45, 2.75) is 13.5 Å². The van der Waals surface area contributed by atoms with Crippen LogP contribution in [-0.2, 0) is 6.54 Å². The Kier molecular flexibility index (Phi) is 3.01. The maximum absolute atomic E-state index is 13.3. The number of halogens is 2. The topological polar surface area (TPSA) is 61.9 Å². The highest BCUT2D eigenvalue weighted by Crippen LogP contribution is 2.15. The second-order valence-corrected chi connectivity index (χ2v) is 2.91. The molecule has 0 saturated heterocycles. The first-order valence-corrected chi connectivity index (χ1v) is 4.03. The highest BCUT2D eigenvalue weighted by Gasteiger charge is 2.08. The number of guanidine groups is 1. The van der Waals surface area contributed by atoms with E-state index in [1.54, 1.807) is 0 Å². The van der Waals surface area contributed by atoms with E-state index in [1.807, 2.05) is 0 Å². The van der Waals surface area contributed by atoms with Gasteiger partial charge in [0, 0.05) is 17.7 Å². The molecule has 0 amide bonds. The molecule has 0 fully saturated rings. The summed E-state index contributed by atoms with van der Waals surface area (Å²) in [6.45, 7) is 1.45. The highest BCUT2D eigenvalue weighted by atomic mass is 19.1. The quantitative estimate of drug-likeness (QED) is 0.496. The Hall–Kier alpha value is -1.65. The normalized spacial score (nSPS) is 9.93. The number of hydrogen-bond donors (Lipinski definition) is 3. The van der Waals surface area contributed by atoms with Crippen LogP contribution in [0.1, 0.15) is 11.1 Å². The molecule has 0 aliphatic rings. The zero-order chi connectivity index (χ0) is 10.7. The van der Waals surface area contributed by atoms with E-state index in [0.717, 1.165) is 0 Å². The van der Waals surface area contributed by atoms with Crippen molar-refractivity contribution >= 4 is 5.96 Å². The van der Waals surface area contributed by atoms with Gasteiger partial charge >= 0.3 is 0 Å². The Morgan fingerprint density at radius 3 is 2.71 bits per heavy atom. The zero-order valence-corrected chi connectivity index (χ0v) is 7.70. The van der Waals surface area contributed by atoms with Crippen molar-refractivity contribution in [1.82, 2.24) is 5.32 Å². The Morgan fingerprint density at radius 1 is 1.50 bits per heavy atom. The minimum Gasteiger partial charge on any atom is -0.370 e. The summed E-state index contributed by atoms with van der Waals surface area (Å²) in [5.74, 6) is -1.42. The maximum Gasteiger partial charge on any atom is 0.185 e. The molecule has 1 rings (SSSR count). The number of hydrogen-bond acceptors (Lipinski definition) is 1. The van der Waals surface area contributed by atoms with Crippen LogP contribution in [0.5, 0.6) is 0 Å². The summed E-state index contributed by atoms with van der Waals surface area (Å²) in [5.41, 5.74) is 5.30. The first-order chi connectivity index (χ1) is 6.52.